The van der Waals surface area contributed by atoms with Gasteiger partial charge in [0.15, 0.2) is 0 Å². The molecule has 0 spiro atoms. The van der Waals surface area contributed by atoms with E-state index in [4.69, 9.17) is 0 Å². The Kier molecular flexibility index (Phi) is 6.97. The highest BCUT2D eigenvalue weighted by atomic mass is 16.1. The first-order valence-corrected chi connectivity index (χ1v) is 11.1. The molecule has 1 fully saturated rings. The van der Waals surface area contributed by atoms with Crippen LogP contribution in [0.4, 0.5) is 11.4 Å². The van der Waals surface area contributed by atoms with Gasteiger partial charge in [0, 0.05) is 43.6 Å². The maximum absolute atomic E-state index is 12.4. The largest absolute Gasteiger partial charge is 0.369 e. The number of carbonyl (C=O) groups is 1. The Balaban J connectivity index is 1.32. The first-order chi connectivity index (χ1) is 15.6. The van der Waals surface area contributed by atoms with E-state index in [9.17, 15) is 4.79 Å². The number of nitrogens with zero attached hydrogens (tertiary/aromatic N) is 5. The van der Waals surface area contributed by atoms with Crippen molar-refractivity contribution in [1.29, 1.82) is 0 Å². The van der Waals surface area contributed by atoms with Crippen LogP contribution in [0.5, 0.6) is 0 Å². The molecule has 0 unspecified atom stereocenters. The van der Waals surface area contributed by atoms with Gasteiger partial charge < -0.3 is 15.1 Å². The van der Waals surface area contributed by atoms with E-state index in [1.165, 1.54) is 17.3 Å². The lowest BCUT2D eigenvalue weighted by Crippen LogP contribution is -2.46. The number of nitrogens with one attached hydrogen (secondary N) is 1. The van der Waals surface area contributed by atoms with Crippen molar-refractivity contribution in [3.63, 3.8) is 0 Å². The maximum atomic E-state index is 12.4. The van der Waals surface area contributed by atoms with Gasteiger partial charge in [0.2, 0.25) is 5.91 Å². The molecule has 0 radical (unpaired) electrons. The molecule has 0 bridgehead atoms. The molecule has 1 saturated heterocycles. The van der Waals surface area contributed by atoms with Crippen molar-refractivity contribution < 1.29 is 4.79 Å². The van der Waals surface area contributed by atoms with Crippen LogP contribution in [0.2, 0.25) is 0 Å². The molecular formula is C25H30N6O. The summed E-state index contributed by atoms with van der Waals surface area (Å²) in [7, 11) is 0. The molecule has 4 rings (SSSR count). The molecule has 1 aromatic heterocycles. The monoisotopic (exact) mass is 430 g/mol. The average Bonchev–Trinajstić information content (AvgIpc) is 3.26. The van der Waals surface area contributed by atoms with Gasteiger partial charge in [0.25, 0.3) is 0 Å². The van der Waals surface area contributed by atoms with Crippen molar-refractivity contribution in [1.82, 2.24) is 19.9 Å². The molecule has 0 saturated carbocycles. The number of anilines is 2. The van der Waals surface area contributed by atoms with Gasteiger partial charge >= 0.3 is 0 Å². The fraction of sp³-hybridized carbons (Fsp3) is 0.320. The molecule has 166 valence electrons. The zero-order chi connectivity index (χ0) is 22.3. The highest BCUT2D eigenvalue weighted by Gasteiger charge is 2.17. The normalized spacial score (nSPS) is 14.8. The summed E-state index contributed by atoms with van der Waals surface area (Å²) < 4.78 is 1.76. The molecule has 7 heteroatoms. The van der Waals surface area contributed by atoms with Crippen LogP contribution in [0.15, 0.2) is 60.8 Å². The minimum atomic E-state index is -0.189. The number of hydrogen-bond donors (Lipinski definition) is 1. The fourth-order valence-corrected chi connectivity index (χ4v) is 3.98. The molecule has 2 heterocycles. The van der Waals surface area contributed by atoms with Gasteiger partial charge in [-0.05, 0) is 48.9 Å². The molecule has 0 atom stereocenters. The summed E-state index contributed by atoms with van der Waals surface area (Å²) in [5.41, 5.74) is 5.00. The lowest BCUT2D eigenvalue weighted by Gasteiger charge is -2.36. The van der Waals surface area contributed by atoms with Crippen LogP contribution in [0, 0.1) is 6.92 Å². The lowest BCUT2D eigenvalue weighted by molar-refractivity contribution is -0.111. The number of aryl methyl sites for hydroxylation is 1. The number of aromatic nitrogens is 3. The Morgan fingerprint density at radius 1 is 1.09 bits per heavy atom. The third kappa shape index (κ3) is 5.62. The van der Waals surface area contributed by atoms with Crippen LogP contribution in [0.3, 0.4) is 0 Å². The zero-order valence-corrected chi connectivity index (χ0v) is 18.7. The molecule has 1 aliphatic rings. The van der Waals surface area contributed by atoms with E-state index in [0.29, 0.717) is 12.2 Å². The van der Waals surface area contributed by atoms with Crippen LogP contribution in [0.25, 0.3) is 6.08 Å². The van der Waals surface area contributed by atoms with Crippen molar-refractivity contribution in [2.45, 2.75) is 20.4 Å². The average molecular weight is 431 g/mol. The Morgan fingerprint density at radius 3 is 2.59 bits per heavy atom. The summed E-state index contributed by atoms with van der Waals surface area (Å²) >= 11 is 0. The van der Waals surface area contributed by atoms with E-state index in [0.717, 1.165) is 44.0 Å². The first kappa shape index (κ1) is 21.8. The molecule has 3 aromatic rings. The van der Waals surface area contributed by atoms with Crippen LogP contribution >= 0.6 is 0 Å². The van der Waals surface area contributed by atoms with E-state index in [-0.39, 0.29) is 5.91 Å². The number of carbonyl (C=O) groups excluding carboxylic acids is 1. The minimum absolute atomic E-state index is 0.189. The molecule has 1 aliphatic heterocycles. The molecule has 2 aromatic carbocycles. The van der Waals surface area contributed by atoms with Crippen LogP contribution in [0.1, 0.15) is 23.7 Å². The topological polar surface area (TPSA) is 66.3 Å². The highest BCUT2D eigenvalue weighted by Crippen LogP contribution is 2.24. The second-order valence-electron chi connectivity index (χ2n) is 8.07. The number of likely N-dealkylation sites (N-methyl/N-ethyl adjacent to an activating group) is 1. The number of rotatable bonds is 7. The van der Waals surface area contributed by atoms with Crippen molar-refractivity contribution in [3.8, 4) is 0 Å². The zero-order valence-electron chi connectivity index (χ0n) is 18.7. The van der Waals surface area contributed by atoms with Gasteiger partial charge in [-0.25, -0.2) is 4.68 Å². The second kappa shape index (κ2) is 10.2. The first-order valence-electron chi connectivity index (χ1n) is 11.1. The van der Waals surface area contributed by atoms with Gasteiger partial charge in [-0.3, -0.25) is 4.79 Å². The Bertz CT molecular complexity index is 1070. The van der Waals surface area contributed by atoms with Gasteiger partial charge in [0.05, 0.1) is 12.7 Å². The van der Waals surface area contributed by atoms with Crippen molar-refractivity contribution >= 4 is 23.4 Å². The van der Waals surface area contributed by atoms with Gasteiger partial charge in [-0.2, -0.15) is 0 Å². The summed E-state index contributed by atoms with van der Waals surface area (Å²) in [6.45, 7) is 10.3. The maximum Gasteiger partial charge on any atom is 0.248 e. The van der Waals surface area contributed by atoms with Crippen molar-refractivity contribution in [2.75, 3.05) is 42.9 Å². The van der Waals surface area contributed by atoms with E-state index in [2.05, 4.69) is 45.3 Å². The molecule has 1 N–H and O–H groups in total. The number of hydrogen-bond acceptors (Lipinski definition) is 5. The van der Waals surface area contributed by atoms with Crippen molar-refractivity contribution in [3.05, 3.63) is 77.6 Å². The van der Waals surface area contributed by atoms with E-state index in [1.807, 2.05) is 48.7 Å². The van der Waals surface area contributed by atoms with Gasteiger partial charge in [-0.15, -0.1) is 5.10 Å². The van der Waals surface area contributed by atoms with Gasteiger partial charge in [0.1, 0.15) is 5.69 Å². The molecule has 32 heavy (non-hydrogen) atoms. The molecule has 1 amide bonds. The van der Waals surface area contributed by atoms with Crippen molar-refractivity contribution in [2.24, 2.45) is 0 Å². The van der Waals surface area contributed by atoms with Crippen LogP contribution < -0.4 is 10.2 Å². The quantitative estimate of drug-likeness (QED) is 0.582. The summed E-state index contributed by atoms with van der Waals surface area (Å²) in [5.74, 6) is -0.189. The Morgan fingerprint density at radius 2 is 1.88 bits per heavy atom. The predicted octanol–water partition coefficient (Wildman–Crippen LogP) is 3.43. The lowest BCUT2D eigenvalue weighted by atomic mass is 10.1. The van der Waals surface area contributed by atoms with Crippen LogP contribution in [-0.4, -0.2) is 58.5 Å². The second-order valence-corrected chi connectivity index (χ2v) is 8.07. The summed E-state index contributed by atoms with van der Waals surface area (Å²) in [6.07, 6.45) is 5.00. The third-order valence-corrected chi connectivity index (χ3v) is 5.77. The number of amides is 1. The Labute approximate surface area is 189 Å². The van der Waals surface area contributed by atoms with E-state index in [1.54, 1.807) is 10.8 Å². The van der Waals surface area contributed by atoms with E-state index < -0.39 is 0 Å². The minimum Gasteiger partial charge on any atom is -0.369 e. The SMILES string of the molecule is CCN1CCN(c2ccc(NC(=O)/C=C/c3cn(Cc4ccccc4)nn3)cc2C)CC1. The molecular weight excluding hydrogens is 400 g/mol. The smallest absolute Gasteiger partial charge is 0.248 e. The molecule has 7 nitrogen and oxygen atoms in total. The fourth-order valence-electron chi connectivity index (χ4n) is 3.98. The molecule has 0 aliphatic carbocycles. The van der Waals surface area contributed by atoms with E-state index >= 15 is 0 Å². The summed E-state index contributed by atoms with van der Waals surface area (Å²) in [5, 5.41) is 11.2. The predicted molar refractivity (Wildman–Crippen MR) is 129 cm³/mol. The number of piperazine rings is 1. The summed E-state index contributed by atoms with van der Waals surface area (Å²) in [4.78, 5) is 17.3. The van der Waals surface area contributed by atoms with Gasteiger partial charge in [-0.1, -0.05) is 42.5 Å². The third-order valence-electron chi connectivity index (χ3n) is 5.77. The van der Waals surface area contributed by atoms with Crippen LogP contribution in [-0.2, 0) is 11.3 Å². The number of benzene rings is 2. The highest BCUT2D eigenvalue weighted by molar-refractivity contribution is 6.01. The Hall–Kier alpha value is -3.45. The standard InChI is InChI=1S/C25H30N6O/c1-3-29-13-15-30(16-14-29)24-11-9-22(17-20(24)2)26-25(32)12-10-23-19-31(28-27-23)18-21-7-5-4-6-8-21/h4-12,17,19H,3,13-16,18H2,1-2H3,(H,26,32)/b12-10+. The summed E-state index contributed by atoms with van der Waals surface area (Å²) in [6, 6.07) is 16.2.